The van der Waals surface area contributed by atoms with Crippen LogP contribution < -0.4 is 5.56 Å². The quantitative estimate of drug-likeness (QED) is 0.869. The van der Waals surface area contributed by atoms with E-state index in [1.165, 1.54) is 4.57 Å². The molecule has 0 unspecified atom stereocenters. The van der Waals surface area contributed by atoms with Crippen LogP contribution in [0.4, 0.5) is 0 Å². The number of carboxylic acids is 1. The van der Waals surface area contributed by atoms with Gasteiger partial charge in [-0.15, -0.1) is 0 Å². The summed E-state index contributed by atoms with van der Waals surface area (Å²) in [4.78, 5) is 27.3. The molecule has 1 N–H and O–H groups in total. The second kappa shape index (κ2) is 4.25. The summed E-state index contributed by atoms with van der Waals surface area (Å²) in [7, 11) is 0. The largest absolute Gasteiger partial charge is 0.480 e. The van der Waals surface area contributed by atoms with Crippen molar-refractivity contribution in [3.8, 4) is 0 Å². The standard InChI is InChI=1S/C13H14N2O3/c1-7-4-5-10-12(8(7)2)14-9(3)15(13(10)18)6-11(16)17/h4-5H,6H2,1-3H3,(H,16,17). The van der Waals surface area contributed by atoms with Gasteiger partial charge in [0.25, 0.3) is 5.56 Å². The van der Waals surface area contributed by atoms with Crippen LogP contribution in [0.3, 0.4) is 0 Å². The van der Waals surface area contributed by atoms with Crippen LogP contribution in [0.5, 0.6) is 0 Å². The number of aryl methyl sites for hydroxylation is 3. The van der Waals surface area contributed by atoms with Gasteiger partial charge in [-0.3, -0.25) is 14.2 Å². The fourth-order valence-corrected chi connectivity index (χ4v) is 1.95. The molecule has 0 radical (unpaired) electrons. The van der Waals surface area contributed by atoms with Crippen LogP contribution >= 0.6 is 0 Å². The normalized spacial score (nSPS) is 10.8. The first-order valence-corrected chi connectivity index (χ1v) is 5.61. The second-order valence-corrected chi connectivity index (χ2v) is 4.35. The van der Waals surface area contributed by atoms with E-state index in [4.69, 9.17) is 5.11 Å². The summed E-state index contributed by atoms with van der Waals surface area (Å²) < 4.78 is 1.18. The van der Waals surface area contributed by atoms with Crippen molar-refractivity contribution in [2.24, 2.45) is 0 Å². The summed E-state index contributed by atoms with van der Waals surface area (Å²) in [6.07, 6.45) is 0. The van der Waals surface area contributed by atoms with Crippen molar-refractivity contribution >= 4 is 16.9 Å². The average Bonchev–Trinajstić information content (AvgIpc) is 2.29. The molecule has 0 atom stereocenters. The first-order chi connectivity index (χ1) is 8.41. The van der Waals surface area contributed by atoms with Crippen molar-refractivity contribution in [2.75, 3.05) is 0 Å². The fourth-order valence-electron chi connectivity index (χ4n) is 1.95. The molecular weight excluding hydrogens is 232 g/mol. The molecule has 2 rings (SSSR count). The zero-order chi connectivity index (χ0) is 13.4. The Morgan fingerprint density at radius 2 is 2.00 bits per heavy atom. The molecule has 94 valence electrons. The molecule has 1 aromatic carbocycles. The van der Waals surface area contributed by atoms with E-state index in [-0.39, 0.29) is 12.1 Å². The maximum absolute atomic E-state index is 12.2. The van der Waals surface area contributed by atoms with Gasteiger partial charge in [-0.25, -0.2) is 4.98 Å². The Hall–Kier alpha value is -2.17. The number of nitrogens with zero attached hydrogens (tertiary/aromatic N) is 2. The van der Waals surface area contributed by atoms with Gasteiger partial charge in [-0.05, 0) is 38.0 Å². The molecule has 5 heteroatoms. The molecule has 5 nitrogen and oxygen atoms in total. The Balaban J connectivity index is 2.84. The molecule has 0 amide bonds. The molecule has 0 spiro atoms. The van der Waals surface area contributed by atoms with Gasteiger partial charge in [0.1, 0.15) is 12.4 Å². The number of rotatable bonds is 2. The third kappa shape index (κ3) is 1.88. The van der Waals surface area contributed by atoms with Gasteiger partial charge < -0.3 is 5.11 Å². The summed E-state index contributed by atoms with van der Waals surface area (Å²) >= 11 is 0. The average molecular weight is 246 g/mol. The molecule has 0 aliphatic heterocycles. The number of aliphatic carboxylic acids is 1. The summed E-state index contributed by atoms with van der Waals surface area (Å²) in [5, 5.41) is 9.26. The molecule has 0 saturated carbocycles. The monoisotopic (exact) mass is 246 g/mol. The van der Waals surface area contributed by atoms with Gasteiger partial charge in [0, 0.05) is 0 Å². The number of hydrogen-bond donors (Lipinski definition) is 1. The SMILES string of the molecule is Cc1ccc2c(=O)n(CC(=O)O)c(C)nc2c1C. The Morgan fingerprint density at radius 1 is 1.33 bits per heavy atom. The van der Waals surface area contributed by atoms with Crippen molar-refractivity contribution in [3.05, 3.63) is 39.4 Å². The summed E-state index contributed by atoms with van der Waals surface area (Å²) in [5.74, 6) is -0.631. The van der Waals surface area contributed by atoms with Crippen molar-refractivity contribution in [1.82, 2.24) is 9.55 Å². The van der Waals surface area contributed by atoms with E-state index in [1.54, 1.807) is 13.0 Å². The molecule has 18 heavy (non-hydrogen) atoms. The Kier molecular flexibility index (Phi) is 2.90. The lowest BCUT2D eigenvalue weighted by Gasteiger charge is -2.10. The van der Waals surface area contributed by atoms with Gasteiger partial charge in [0.05, 0.1) is 10.9 Å². The van der Waals surface area contributed by atoms with Gasteiger partial charge in [-0.2, -0.15) is 0 Å². The van der Waals surface area contributed by atoms with Crippen LogP contribution in [0.25, 0.3) is 10.9 Å². The van der Waals surface area contributed by atoms with Crippen LogP contribution in [0.1, 0.15) is 17.0 Å². The number of fused-ring (bicyclic) bond motifs is 1. The van der Waals surface area contributed by atoms with Gasteiger partial charge in [-0.1, -0.05) is 6.07 Å². The van der Waals surface area contributed by atoms with E-state index in [0.29, 0.717) is 16.7 Å². The minimum atomic E-state index is -1.05. The molecule has 2 aromatic rings. The van der Waals surface area contributed by atoms with E-state index in [9.17, 15) is 9.59 Å². The van der Waals surface area contributed by atoms with Crippen molar-refractivity contribution in [2.45, 2.75) is 27.3 Å². The highest BCUT2D eigenvalue weighted by atomic mass is 16.4. The molecular formula is C13H14N2O3. The number of carboxylic acid groups (broad SMARTS) is 1. The van der Waals surface area contributed by atoms with E-state index < -0.39 is 5.97 Å². The zero-order valence-corrected chi connectivity index (χ0v) is 10.5. The van der Waals surface area contributed by atoms with Crippen LogP contribution in [-0.2, 0) is 11.3 Å². The zero-order valence-electron chi connectivity index (χ0n) is 10.5. The lowest BCUT2D eigenvalue weighted by Crippen LogP contribution is -2.27. The first-order valence-electron chi connectivity index (χ1n) is 5.61. The van der Waals surface area contributed by atoms with Crippen molar-refractivity contribution in [1.29, 1.82) is 0 Å². The predicted octanol–water partition coefficient (Wildman–Crippen LogP) is 1.41. The lowest BCUT2D eigenvalue weighted by molar-refractivity contribution is -0.137. The van der Waals surface area contributed by atoms with E-state index in [1.807, 2.05) is 19.9 Å². The summed E-state index contributed by atoms with van der Waals surface area (Å²) in [5.41, 5.74) is 2.36. The highest BCUT2D eigenvalue weighted by molar-refractivity contribution is 5.82. The van der Waals surface area contributed by atoms with Crippen molar-refractivity contribution < 1.29 is 9.90 Å². The van der Waals surface area contributed by atoms with Crippen LogP contribution in [0.15, 0.2) is 16.9 Å². The Labute approximate surface area is 104 Å². The van der Waals surface area contributed by atoms with E-state index >= 15 is 0 Å². The van der Waals surface area contributed by atoms with E-state index in [0.717, 1.165) is 11.1 Å². The van der Waals surface area contributed by atoms with Gasteiger partial charge in [0.2, 0.25) is 0 Å². The number of benzene rings is 1. The summed E-state index contributed by atoms with van der Waals surface area (Å²) in [6, 6.07) is 3.55. The maximum Gasteiger partial charge on any atom is 0.323 e. The van der Waals surface area contributed by atoms with Crippen LogP contribution in [0.2, 0.25) is 0 Å². The smallest absolute Gasteiger partial charge is 0.323 e. The lowest BCUT2D eigenvalue weighted by atomic mass is 10.1. The Bertz CT molecular complexity index is 701. The number of hydrogen-bond acceptors (Lipinski definition) is 3. The molecule has 0 aliphatic carbocycles. The van der Waals surface area contributed by atoms with Crippen molar-refractivity contribution in [3.63, 3.8) is 0 Å². The minimum absolute atomic E-state index is 0.303. The number of carbonyl (C=O) groups is 1. The summed E-state index contributed by atoms with van der Waals surface area (Å²) in [6.45, 7) is 5.14. The molecule has 0 fully saturated rings. The molecule has 0 aliphatic rings. The Morgan fingerprint density at radius 3 is 2.61 bits per heavy atom. The van der Waals surface area contributed by atoms with Crippen LogP contribution in [0, 0.1) is 20.8 Å². The van der Waals surface area contributed by atoms with Gasteiger partial charge >= 0.3 is 5.97 Å². The molecule has 0 bridgehead atoms. The first kappa shape index (κ1) is 12.3. The third-order valence-electron chi connectivity index (χ3n) is 3.14. The minimum Gasteiger partial charge on any atom is -0.480 e. The predicted molar refractivity (Wildman–Crippen MR) is 67.8 cm³/mol. The van der Waals surface area contributed by atoms with E-state index in [2.05, 4.69) is 4.98 Å². The second-order valence-electron chi connectivity index (χ2n) is 4.35. The maximum atomic E-state index is 12.2. The number of aromatic nitrogens is 2. The van der Waals surface area contributed by atoms with Crippen LogP contribution in [-0.4, -0.2) is 20.6 Å². The van der Waals surface area contributed by atoms with Gasteiger partial charge in [0.15, 0.2) is 0 Å². The molecule has 1 heterocycles. The molecule has 0 saturated heterocycles. The highest BCUT2D eigenvalue weighted by Crippen LogP contribution is 2.17. The fraction of sp³-hybridized carbons (Fsp3) is 0.308. The molecule has 1 aromatic heterocycles. The topological polar surface area (TPSA) is 72.2 Å². The highest BCUT2D eigenvalue weighted by Gasteiger charge is 2.12. The third-order valence-corrected chi connectivity index (χ3v) is 3.14.